The maximum Gasteiger partial charge on any atom is 0.0698 e. The van der Waals surface area contributed by atoms with Gasteiger partial charge in [-0.25, -0.2) is 0 Å². The molecule has 3 nitrogen and oxygen atoms in total. The van der Waals surface area contributed by atoms with Crippen molar-refractivity contribution in [1.29, 1.82) is 0 Å². The van der Waals surface area contributed by atoms with E-state index in [0.717, 1.165) is 0 Å². The topological polar surface area (TPSA) is 55.5 Å². The Morgan fingerprint density at radius 3 is 2.60 bits per heavy atom. The maximum absolute atomic E-state index is 8.52. The van der Waals surface area contributed by atoms with Gasteiger partial charge in [0, 0.05) is 19.3 Å². The van der Waals surface area contributed by atoms with Gasteiger partial charge in [0.1, 0.15) is 0 Å². The van der Waals surface area contributed by atoms with Gasteiger partial charge in [0.2, 0.25) is 0 Å². The SMILES string of the molecule is CCOC(C)C(N)CCO. The van der Waals surface area contributed by atoms with Crippen molar-refractivity contribution in [3.05, 3.63) is 0 Å². The van der Waals surface area contributed by atoms with Crippen molar-refractivity contribution >= 4 is 0 Å². The Kier molecular flexibility index (Phi) is 5.58. The predicted molar refractivity (Wildman–Crippen MR) is 40.8 cm³/mol. The molecule has 62 valence electrons. The van der Waals surface area contributed by atoms with E-state index in [2.05, 4.69) is 0 Å². The smallest absolute Gasteiger partial charge is 0.0698 e. The summed E-state index contributed by atoms with van der Waals surface area (Å²) in [4.78, 5) is 0. The Morgan fingerprint density at radius 2 is 2.20 bits per heavy atom. The van der Waals surface area contributed by atoms with Crippen molar-refractivity contribution in [2.75, 3.05) is 13.2 Å². The number of nitrogens with two attached hydrogens (primary N) is 1. The Balaban J connectivity index is 3.38. The molecule has 3 heteroatoms. The minimum atomic E-state index is -0.0371. The van der Waals surface area contributed by atoms with Crippen molar-refractivity contribution in [2.24, 2.45) is 5.73 Å². The molecule has 0 fully saturated rings. The van der Waals surface area contributed by atoms with Gasteiger partial charge < -0.3 is 15.6 Å². The summed E-state index contributed by atoms with van der Waals surface area (Å²) in [7, 11) is 0. The molecule has 0 spiro atoms. The fourth-order valence-corrected chi connectivity index (χ4v) is 0.770. The van der Waals surface area contributed by atoms with E-state index in [0.29, 0.717) is 13.0 Å². The molecule has 10 heavy (non-hydrogen) atoms. The van der Waals surface area contributed by atoms with E-state index in [-0.39, 0.29) is 18.8 Å². The number of hydrogen-bond acceptors (Lipinski definition) is 3. The van der Waals surface area contributed by atoms with E-state index in [1.807, 2.05) is 13.8 Å². The Hall–Kier alpha value is -0.120. The van der Waals surface area contributed by atoms with E-state index >= 15 is 0 Å². The van der Waals surface area contributed by atoms with Crippen LogP contribution in [0.5, 0.6) is 0 Å². The van der Waals surface area contributed by atoms with Gasteiger partial charge in [-0.1, -0.05) is 0 Å². The quantitative estimate of drug-likeness (QED) is 0.580. The minimum absolute atomic E-state index is 0.0371. The van der Waals surface area contributed by atoms with Crippen LogP contribution in [0.15, 0.2) is 0 Å². The lowest BCUT2D eigenvalue weighted by molar-refractivity contribution is 0.0510. The number of aliphatic hydroxyl groups excluding tert-OH is 1. The maximum atomic E-state index is 8.52. The van der Waals surface area contributed by atoms with E-state index in [9.17, 15) is 0 Å². The Bertz CT molecular complexity index is 68.0. The number of rotatable bonds is 5. The van der Waals surface area contributed by atoms with Crippen molar-refractivity contribution < 1.29 is 9.84 Å². The first-order chi connectivity index (χ1) is 4.72. The van der Waals surface area contributed by atoms with Gasteiger partial charge in [-0.3, -0.25) is 0 Å². The van der Waals surface area contributed by atoms with Crippen LogP contribution in [0.4, 0.5) is 0 Å². The molecular formula is C7H17NO2. The van der Waals surface area contributed by atoms with Gasteiger partial charge in [0.15, 0.2) is 0 Å². The number of ether oxygens (including phenoxy) is 1. The molecule has 0 radical (unpaired) electrons. The molecule has 0 aliphatic heterocycles. The third kappa shape index (κ3) is 3.82. The highest BCUT2D eigenvalue weighted by atomic mass is 16.5. The lowest BCUT2D eigenvalue weighted by atomic mass is 10.1. The monoisotopic (exact) mass is 147 g/mol. The number of hydrogen-bond donors (Lipinski definition) is 2. The van der Waals surface area contributed by atoms with E-state index in [1.165, 1.54) is 0 Å². The van der Waals surface area contributed by atoms with Crippen LogP contribution < -0.4 is 5.73 Å². The fourth-order valence-electron chi connectivity index (χ4n) is 0.770. The summed E-state index contributed by atoms with van der Waals surface area (Å²) >= 11 is 0. The third-order valence-corrected chi connectivity index (χ3v) is 1.49. The summed E-state index contributed by atoms with van der Waals surface area (Å²) in [6.45, 7) is 4.67. The van der Waals surface area contributed by atoms with Gasteiger partial charge in [-0.15, -0.1) is 0 Å². The lowest BCUT2D eigenvalue weighted by Crippen LogP contribution is -2.35. The zero-order valence-electron chi connectivity index (χ0n) is 6.71. The van der Waals surface area contributed by atoms with Crippen LogP contribution in [-0.4, -0.2) is 30.5 Å². The molecule has 0 bridgehead atoms. The van der Waals surface area contributed by atoms with Gasteiger partial charge >= 0.3 is 0 Å². The van der Waals surface area contributed by atoms with Gasteiger partial charge in [0.25, 0.3) is 0 Å². The molecule has 0 amide bonds. The summed E-state index contributed by atoms with van der Waals surface area (Å²) in [6.07, 6.45) is 0.665. The second-order valence-corrected chi connectivity index (χ2v) is 2.34. The van der Waals surface area contributed by atoms with Crippen LogP contribution in [0.1, 0.15) is 20.3 Å². The molecule has 2 unspecified atom stereocenters. The highest BCUT2D eigenvalue weighted by Crippen LogP contribution is 1.98. The summed E-state index contributed by atoms with van der Waals surface area (Å²) < 4.78 is 5.22. The van der Waals surface area contributed by atoms with Crippen LogP contribution in [0.3, 0.4) is 0 Å². The normalized spacial score (nSPS) is 16.8. The molecule has 0 saturated carbocycles. The first-order valence-corrected chi connectivity index (χ1v) is 3.70. The highest BCUT2D eigenvalue weighted by molar-refractivity contribution is 4.67. The van der Waals surface area contributed by atoms with E-state index in [4.69, 9.17) is 15.6 Å². The Labute approximate surface area is 62.2 Å². The average Bonchev–Trinajstić information content (AvgIpc) is 1.89. The van der Waals surface area contributed by atoms with Crippen LogP contribution >= 0.6 is 0 Å². The molecule has 0 aliphatic rings. The zero-order valence-corrected chi connectivity index (χ0v) is 6.71. The average molecular weight is 147 g/mol. The predicted octanol–water partition coefficient (Wildman–Crippen LogP) is 0.121. The van der Waals surface area contributed by atoms with Gasteiger partial charge in [-0.05, 0) is 20.3 Å². The second-order valence-electron chi connectivity index (χ2n) is 2.34. The summed E-state index contributed by atoms with van der Waals surface area (Å²) in [6, 6.07) is -0.0371. The fraction of sp³-hybridized carbons (Fsp3) is 1.00. The van der Waals surface area contributed by atoms with E-state index in [1.54, 1.807) is 0 Å². The first-order valence-electron chi connectivity index (χ1n) is 3.70. The molecule has 2 atom stereocenters. The zero-order chi connectivity index (χ0) is 7.98. The molecule has 3 N–H and O–H groups in total. The van der Waals surface area contributed by atoms with Crippen molar-refractivity contribution in [3.63, 3.8) is 0 Å². The molecule has 0 heterocycles. The van der Waals surface area contributed by atoms with Crippen molar-refractivity contribution in [1.82, 2.24) is 0 Å². The third-order valence-electron chi connectivity index (χ3n) is 1.49. The molecule has 0 aromatic rings. The summed E-state index contributed by atoms with van der Waals surface area (Å²) in [5, 5.41) is 8.52. The molecule has 0 aromatic heterocycles. The second kappa shape index (κ2) is 5.65. The van der Waals surface area contributed by atoms with Crippen molar-refractivity contribution in [2.45, 2.75) is 32.4 Å². The lowest BCUT2D eigenvalue weighted by Gasteiger charge is -2.18. The highest BCUT2D eigenvalue weighted by Gasteiger charge is 2.10. The number of aliphatic hydroxyl groups is 1. The first kappa shape index (κ1) is 9.88. The standard InChI is InChI=1S/C7H17NO2/c1-3-10-6(2)7(8)4-5-9/h6-7,9H,3-5,8H2,1-2H3. The summed E-state index contributed by atoms with van der Waals surface area (Å²) in [5.74, 6) is 0. The minimum Gasteiger partial charge on any atom is -0.396 e. The molecule has 0 aliphatic carbocycles. The Morgan fingerprint density at radius 1 is 1.60 bits per heavy atom. The van der Waals surface area contributed by atoms with Crippen LogP contribution in [0, 0.1) is 0 Å². The van der Waals surface area contributed by atoms with Crippen molar-refractivity contribution in [3.8, 4) is 0 Å². The molecule has 0 rings (SSSR count). The van der Waals surface area contributed by atoms with Crippen LogP contribution in [0.25, 0.3) is 0 Å². The van der Waals surface area contributed by atoms with Gasteiger partial charge in [-0.2, -0.15) is 0 Å². The largest absolute Gasteiger partial charge is 0.396 e. The molecular weight excluding hydrogens is 130 g/mol. The molecule has 0 saturated heterocycles. The molecule has 0 aromatic carbocycles. The van der Waals surface area contributed by atoms with Crippen LogP contribution in [0.2, 0.25) is 0 Å². The van der Waals surface area contributed by atoms with Gasteiger partial charge in [0.05, 0.1) is 6.10 Å². The van der Waals surface area contributed by atoms with Crippen LogP contribution in [-0.2, 0) is 4.74 Å². The summed E-state index contributed by atoms with van der Waals surface area (Å²) in [5.41, 5.74) is 5.63. The van der Waals surface area contributed by atoms with E-state index < -0.39 is 0 Å².